The Labute approximate surface area is 110 Å². The lowest BCUT2D eigenvalue weighted by Gasteiger charge is -2.05. The Morgan fingerprint density at radius 3 is 1.63 bits per heavy atom. The van der Waals surface area contributed by atoms with E-state index in [2.05, 4.69) is 0 Å². The lowest BCUT2D eigenvalue weighted by molar-refractivity contribution is 0.449. The molecule has 0 aliphatic heterocycles. The summed E-state index contributed by atoms with van der Waals surface area (Å²) in [6.07, 6.45) is 1.73. The number of benzene rings is 2. The van der Waals surface area contributed by atoms with E-state index in [1.807, 2.05) is 0 Å². The summed E-state index contributed by atoms with van der Waals surface area (Å²) in [5.41, 5.74) is 2.05. The molecule has 0 aromatic heterocycles. The van der Waals surface area contributed by atoms with Gasteiger partial charge in [-0.25, -0.2) is 0 Å². The van der Waals surface area contributed by atoms with E-state index in [0.717, 1.165) is 5.57 Å². The van der Waals surface area contributed by atoms with Crippen LogP contribution in [-0.4, -0.2) is 20.4 Å². The SMILES string of the molecule is CC(=Cc1cc(O)cc(O)c1)c1cc(O)cc(O)c1. The summed E-state index contributed by atoms with van der Waals surface area (Å²) in [5, 5.41) is 37.7. The summed E-state index contributed by atoms with van der Waals surface area (Å²) in [6.45, 7) is 1.80. The van der Waals surface area contributed by atoms with Gasteiger partial charge < -0.3 is 20.4 Å². The fourth-order valence-electron chi connectivity index (χ4n) is 1.86. The van der Waals surface area contributed by atoms with Gasteiger partial charge in [-0.3, -0.25) is 0 Å². The number of allylic oxidation sites excluding steroid dienone is 1. The standard InChI is InChI=1S/C15H14O4/c1-9(11-5-14(18)8-15(19)6-11)2-10-3-12(16)7-13(17)4-10/h2-8,16-19H,1H3. The number of hydrogen-bond donors (Lipinski definition) is 4. The van der Waals surface area contributed by atoms with Crippen LogP contribution in [0, 0.1) is 0 Å². The summed E-state index contributed by atoms with van der Waals surface area (Å²) in [6, 6.07) is 8.55. The van der Waals surface area contributed by atoms with Crippen LogP contribution in [0.3, 0.4) is 0 Å². The van der Waals surface area contributed by atoms with Gasteiger partial charge in [0.25, 0.3) is 0 Å². The van der Waals surface area contributed by atoms with Crippen LogP contribution in [0.15, 0.2) is 36.4 Å². The van der Waals surface area contributed by atoms with Gasteiger partial charge in [-0.05, 0) is 47.9 Å². The summed E-state index contributed by atoms with van der Waals surface area (Å²) in [5.74, 6) is -0.112. The zero-order chi connectivity index (χ0) is 14.0. The van der Waals surface area contributed by atoms with Crippen LogP contribution in [0.4, 0.5) is 0 Å². The van der Waals surface area contributed by atoms with Crippen LogP contribution < -0.4 is 0 Å². The molecule has 2 aromatic carbocycles. The molecule has 4 N–H and O–H groups in total. The molecule has 0 unspecified atom stereocenters. The van der Waals surface area contributed by atoms with Gasteiger partial charge in [0.15, 0.2) is 0 Å². The minimum absolute atomic E-state index is 0.0264. The Morgan fingerprint density at radius 1 is 0.737 bits per heavy atom. The molecular weight excluding hydrogens is 244 g/mol. The molecule has 0 amide bonds. The van der Waals surface area contributed by atoms with E-state index >= 15 is 0 Å². The highest BCUT2D eigenvalue weighted by Crippen LogP contribution is 2.28. The van der Waals surface area contributed by atoms with Gasteiger partial charge in [0.1, 0.15) is 23.0 Å². The third kappa shape index (κ3) is 3.19. The first kappa shape index (κ1) is 12.8. The average molecular weight is 258 g/mol. The van der Waals surface area contributed by atoms with Gasteiger partial charge in [0, 0.05) is 12.1 Å². The number of aromatic hydroxyl groups is 4. The first-order valence-corrected chi connectivity index (χ1v) is 5.69. The smallest absolute Gasteiger partial charge is 0.119 e. The topological polar surface area (TPSA) is 80.9 Å². The summed E-state index contributed by atoms with van der Waals surface area (Å²) >= 11 is 0. The average Bonchev–Trinajstić information content (AvgIpc) is 2.25. The minimum Gasteiger partial charge on any atom is -0.508 e. The molecule has 0 aliphatic carbocycles. The van der Waals surface area contributed by atoms with Crippen LogP contribution in [0.5, 0.6) is 23.0 Å². The molecule has 0 aliphatic rings. The summed E-state index contributed by atoms with van der Waals surface area (Å²) in [7, 11) is 0. The molecule has 4 nitrogen and oxygen atoms in total. The van der Waals surface area contributed by atoms with Crippen molar-refractivity contribution in [2.24, 2.45) is 0 Å². The molecule has 2 rings (SSSR count). The van der Waals surface area contributed by atoms with E-state index in [4.69, 9.17) is 0 Å². The van der Waals surface area contributed by atoms with Crippen LogP contribution in [-0.2, 0) is 0 Å². The van der Waals surface area contributed by atoms with Crippen molar-refractivity contribution in [2.45, 2.75) is 6.92 Å². The molecule has 0 saturated carbocycles. The first-order valence-electron chi connectivity index (χ1n) is 5.69. The van der Waals surface area contributed by atoms with Gasteiger partial charge >= 0.3 is 0 Å². The summed E-state index contributed by atoms with van der Waals surface area (Å²) < 4.78 is 0. The van der Waals surface area contributed by atoms with Crippen molar-refractivity contribution < 1.29 is 20.4 Å². The predicted octanol–water partition coefficient (Wildman–Crippen LogP) is 3.07. The molecular formula is C15H14O4. The second-order valence-electron chi connectivity index (χ2n) is 4.35. The van der Waals surface area contributed by atoms with E-state index in [-0.39, 0.29) is 23.0 Å². The molecule has 0 spiro atoms. The lowest BCUT2D eigenvalue weighted by atomic mass is 10.0. The number of rotatable bonds is 2. The van der Waals surface area contributed by atoms with Crippen LogP contribution in [0.2, 0.25) is 0 Å². The van der Waals surface area contributed by atoms with E-state index in [0.29, 0.717) is 11.1 Å². The van der Waals surface area contributed by atoms with Gasteiger partial charge in [0.05, 0.1) is 0 Å². The van der Waals surface area contributed by atoms with E-state index < -0.39 is 0 Å². The Kier molecular flexibility index (Phi) is 3.33. The third-order valence-corrected chi connectivity index (χ3v) is 2.67. The van der Waals surface area contributed by atoms with Crippen molar-refractivity contribution in [1.29, 1.82) is 0 Å². The Bertz CT molecular complexity index is 604. The minimum atomic E-state index is -0.0298. The molecule has 0 heterocycles. The van der Waals surface area contributed by atoms with Gasteiger partial charge in [-0.15, -0.1) is 0 Å². The molecule has 4 heteroatoms. The van der Waals surface area contributed by atoms with Crippen molar-refractivity contribution >= 4 is 11.6 Å². The van der Waals surface area contributed by atoms with Gasteiger partial charge in [-0.2, -0.15) is 0 Å². The molecule has 0 saturated heterocycles. The first-order chi connectivity index (χ1) is 8.94. The highest BCUT2D eigenvalue weighted by molar-refractivity contribution is 5.81. The molecule has 0 radical (unpaired) electrons. The van der Waals surface area contributed by atoms with Gasteiger partial charge in [0.2, 0.25) is 0 Å². The van der Waals surface area contributed by atoms with Crippen molar-refractivity contribution in [1.82, 2.24) is 0 Å². The third-order valence-electron chi connectivity index (χ3n) is 2.67. The van der Waals surface area contributed by atoms with E-state index in [9.17, 15) is 20.4 Å². The highest BCUT2D eigenvalue weighted by atomic mass is 16.3. The van der Waals surface area contributed by atoms with Crippen molar-refractivity contribution in [3.8, 4) is 23.0 Å². The highest BCUT2D eigenvalue weighted by Gasteiger charge is 2.03. The monoisotopic (exact) mass is 258 g/mol. The van der Waals surface area contributed by atoms with Gasteiger partial charge in [-0.1, -0.05) is 6.08 Å². The fraction of sp³-hybridized carbons (Fsp3) is 0.0667. The fourth-order valence-corrected chi connectivity index (χ4v) is 1.86. The second kappa shape index (κ2) is 4.94. The number of phenolic OH excluding ortho intramolecular Hbond substituents is 4. The molecule has 0 bridgehead atoms. The Hall–Kier alpha value is -2.62. The van der Waals surface area contributed by atoms with Crippen LogP contribution in [0.25, 0.3) is 11.6 Å². The van der Waals surface area contributed by atoms with Crippen molar-refractivity contribution in [2.75, 3.05) is 0 Å². The Balaban J connectivity index is 2.42. The zero-order valence-electron chi connectivity index (χ0n) is 10.3. The molecule has 0 fully saturated rings. The number of hydrogen-bond acceptors (Lipinski definition) is 4. The molecule has 0 atom stereocenters. The maximum Gasteiger partial charge on any atom is 0.119 e. The summed E-state index contributed by atoms with van der Waals surface area (Å²) in [4.78, 5) is 0. The molecule has 98 valence electrons. The van der Waals surface area contributed by atoms with Crippen LogP contribution in [0.1, 0.15) is 18.1 Å². The maximum atomic E-state index is 9.43. The Morgan fingerprint density at radius 2 is 1.16 bits per heavy atom. The quantitative estimate of drug-likeness (QED) is 0.624. The predicted molar refractivity (Wildman–Crippen MR) is 73.1 cm³/mol. The number of phenols is 4. The van der Waals surface area contributed by atoms with E-state index in [1.54, 1.807) is 13.0 Å². The van der Waals surface area contributed by atoms with Crippen LogP contribution >= 0.6 is 0 Å². The zero-order valence-corrected chi connectivity index (χ0v) is 10.3. The second-order valence-corrected chi connectivity index (χ2v) is 4.35. The molecule has 2 aromatic rings. The van der Waals surface area contributed by atoms with E-state index in [1.165, 1.54) is 36.4 Å². The lowest BCUT2D eigenvalue weighted by Crippen LogP contribution is -1.81. The normalized spacial score (nSPS) is 11.5. The van der Waals surface area contributed by atoms with Crippen molar-refractivity contribution in [3.63, 3.8) is 0 Å². The largest absolute Gasteiger partial charge is 0.508 e. The van der Waals surface area contributed by atoms with Crippen molar-refractivity contribution in [3.05, 3.63) is 47.5 Å². The maximum absolute atomic E-state index is 9.43. The molecule has 19 heavy (non-hydrogen) atoms.